The standard InChI is InChI=1S/C32H42FN3O5/c1-39-28-18-22(35-30-25(28)6-4-14-34-30)5-2-3-16-40-23-10-15-36(19-23)29(31(37)38)26-17-21(33)7-8-24(26)27-9-11-32(12-13-32)20-41-27/h7-8,17-18,23,27,29H,2-6,9-16,19-20H2,1H3,(H,34,35)(H,37,38). The highest BCUT2D eigenvalue weighted by atomic mass is 19.1. The van der Waals surface area contributed by atoms with Gasteiger partial charge in [0.1, 0.15) is 23.4 Å². The quantitative estimate of drug-likeness (QED) is 0.346. The Morgan fingerprint density at radius 1 is 1.27 bits per heavy atom. The molecule has 8 nitrogen and oxygen atoms in total. The monoisotopic (exact) mass is 567 g/mol. The Hall–Kier alpha value is -2.75. The predicted molar refractivity (Wildman–Crippen MR) is 153 cm³/mol. The van der Waals surface area contributed by atoms with Crippen LogP contribution in [0.2, 0.25) is 0 Å². The third kappa shape index (κ3) is 6.37. The van der Waals surface area contributed by atoms with Gasteiger partial charge in [0.2, 0.25) is 0 Å². The van der Waals surface area contributed by atoms with Gasteiger partial charge in [-0.25, -0.2) is 9.37 Å². The number of aryl methyl sites for hydroxylation is 1. The number of ether oxygens (including phenoxy) is 3. The number of likely N-dealkylation sites (tertiary alicyclic amines) is 1. The second kappa shape index (κ2) is 12.2. The SMILES string of the molecule is COc1cc(CCCCOC2CCN(C(C(=O)O)c3cc(F)ccc3C3CCC4(CC4)CO3)C2)nc2c1CCCN2. The largest absolute Gasteiger partial charge is 0.496 e. The second-order valence-electron chi connectivity index (χ2n) is 12.3. The number of aliphatic carboxylic acids is 1. The van der Waals surface area contributed by atoms with Gasteiger partial charge in [-0.2, -0.15) is 0 Å². The first-order chi connectivity index (χ1) is 19.9. The van der Waals surface area contributed by atoms with E-state index >= 15 is 0 Å². The molecule has 1 aromatic carbocycles. The van der Waals surface area contributed by atoms with Crippen LogP contribution in [0.3, 0.4) is 0 Å². The van der Waals surface area contributed by atoms with Gasteiger partial charge in [-0.1, -0.05) is 6.07 Å². The summed E-state index contributed by atoms with van der Waals surface area (Å²) >= 11 is 0. The third-order valence-corrected chi connectivity index (χ3v) is 9.38. The number of fused-ring (bicyclic) bond motifs is 1. The summed E-state index contributed by atoms with van der Waals surface area (Å²) in [4.78, 5) is 19.3. The molecule has 2 saturated heterocycles. The smallest absolute Gasteiger partial charge is 0.325 e. The summed E-state index contributed by atoms with van der Waals surface area (Å²) in [7, 11) is 1.71. The molecule has 2 N–H and O–H groups in total. The zero-order valence-corrected chi connectivity index (χ0v) is 24.0. The van der Waals surface area contributed by atoms with Crippen LogP contribution in [-0.4, -0.2) is 67.0 Å². The molecule has 1 saturated carbocycles. The molecule has 6 rings (SSSR count). The van der Waals surface area contributed by atoms with Gasteiger partial charge in [0, 0.05) is 43.6 Å². The molecule has 0 amide bonds. The maximum atomic E-state index is 14.4. The minimum Gasteiger partial charge on any atom is -0.496 e. The summed E-state index contributed by atoms with van der Waals surface area (Å²) in [6.45, 7) is 3.37. The maximum Gasteiger partial charge on any atom is 0.325 e. The number of pyridine rings is 1. The molecule has 3 fully saturated rings. The zero-order chi connectivity index (χ0) is 28.4. The number of halogens is 1. The molecule has 9 heteroatoms. The van der Waals surface area contributed by atoms with Gasteiger partial charge >= 0.3 is 5.97 Å². The number of aromatic nitrogens is 1. The molecule has 0 bridgehead atoms. The average Bonchev–Trinajstić information content (AvgIpc) is 3.57. The average molecular weight is 568 g/mol. The Bertz CT molecular complexity index is 1220. The van der Waals surface area contributed by atoms with Crippen molar-refractivity contribution in [2.45, 2.75) is 82.5 Å². The number of benzene rings is 1. The summed E-state index contributed by atoms with van der Waals surface area (Å²) in [6.07, 6.45) is 9.64. The summed E-state index contributed by atoms with van der Waals surface area (Å²) in [5, 5.41) is 13.7. The number of anilines is 1. The van der Waals surface area contributed by atoms with E-state index in [2.05, 4.69) is 11.4 Å². The topological polar surface area (TPSA) is 93.2 Å². The van der Waals surface area contributed by atoms with Crippen LogP contribution in [0.4, 0.5) is 10.2 Å². The van der Waals surface area contributed by atoms with E-state index in [0.717, 1.165) is 80.7 Å². The fourth-order valence-corrected chi connectivity index (χ4v) is 6.80. The Morgan fingerprint density at radius 2 is 2.15 bits per heavy atom. The summed E-state index contributed by atoms with van der Waals surface area (Å²) in [6, 6.07) is 5.67. The molecule has 3 unspecified atom stereocenters. The Morgan fingerprint density at radius 3 is 2.90 bits per heavy atom. The fraction of sp³-hybridized carbons (Fsp3) is 0.625. The lowest BCUT2D eigenvalue weighted by atomic mass is 9.88. The number of hydrogen-bond donors (Lipinski definition) is 2. The van der Waals surface area contributed by atoms with E-state index in [4.69, 9.17) is 19.2 Å². The lowest BCUT2D eigenvalue weighted by Gasteiger charge is -2.33. The van der Waals surface area contributed by atoms with Crippen LogP contribution in [0.5, 0.6) is 5.75 Å². The van der Waals surface area contributed by atoms with Crippen LogP contribution < -0.4 is 10.1 Å². The van der Waals surface area contributed by atoms with E-state index in [0.29, 0.717) is 37.3 Å². The third-order valence-electron chi connectivity index (χ3n) is 9.38. The van der Waals surface area contributed by atoms with Crippen molar-refractivity contribution >= 4 is 11.8 Å². The minimum atomic E-state index is -0.963. The number of carboxylic acids is 1. The number of carbonyl (C=O) groups is 1. The van der Waals surface area contributed by atoms with Gasteiger partial charge < -0.3 is 24.6 Å². The van der Waals surface area contributed by atoms with Crippen molar-refractivity contribution in [1.29, 1.82) is 0 Å². The molecule has 0 radical (unpaired) electrons. The lowest BCUT2D eigenvalue weighted by molar-refractivity contribution is -0.143. The fourth-order valence-electron chi connectivity index (χ4n) is 6.80. The van der Waals surface area contributed by atoms with E-state index in [1.807, 2.05) is 4.90 Å². The maximum absolute atomic E-state index is 14.4. The molecular formula is C32H42FN3O5. The molecule has 4 aliphatic rings. The number of carboxylic acid groups (broad SMARTS) is 1. The van der Waals surface area contributed by atoms with E-state index in [1.165, 1.54) is 30.5 Å². The summed E-state index contributed by atoms with van der Waals surface area (Å²) in [5.41, 5.74) is 3.84. The van der Waals surface area contributed by atoms with E-state index in [9.17, 15) is 14.3 Å². The molecule has 3 aliphatic heterocycles. The van der Waals surface area contributed by atoms with Crippen LogP contribution in [0.15, 0.2) is 24.3 Å². The van der Waals surface area contributed by atoms with Crippen molar-refractivity contribution in [1.82, 2.24) is 9.88 Å². The van der Waals surface area contributed by atoms with Crippen molar-refractivity contribution < 1.29 is 28.5 Å². The highest BCUT2D eigenvalue weighted by Gasteiger charge is 2.46. The van der Waals surface area contributed by atoms with Crippen LogP contribution in [0.1, 0.15) is 85.9 Å². The van der Waals surface area contributed by atoms with Crippen molar-refractivity contribution in [3.8, 4) is 5.75 Å². The molecule has 4 heterocycles. The highest BCUT2D eigenvalue weighted by Crippen LogP contribution is 2.55. The number of unbranched alkanes of at least 4 members (excludes halogenated alkanes) is 1. The van der Waals surface area contributed by atoms with Crippen LogP contribution >= 0.6 is 0 Å². The molecule has 1 aromatic heterocycles. The predicted octanol–water partition coefficient (Wildman–Crippen LogP) is 5.46. The minimum absolute atomic E-state index is 0.0410. The zero-order valence-electron chi connectivity index (χ0n) is 24.0. The van der Waals surface area contributed by atoms with Crippen LogP contribution in [0.25, 0.3) is 0 Å². The van der Waals surface area contributed by atoms with Crippen molar-refractivity contribution in [2.75, 3.05) is 45.3 Å². The van der Waals surface area contributed by atoms with Gasteiger partial charge in [-0.05, 0) is 92.9 Å². The number of rotatable bonds is 11. The first-order valence-corrected chi connectivity index (χ1v) is 15.2. The Labute approximate surface area is 241 Å². The first-order valence-electron chi connectivity index (χ1n) is 15.2. The molecule has 1 aliphatic carbocycles. The van der Waals surface area contributed by atoms with Gasteiger partial charge in [0.15, 0.2) is 0 Å². The lowest BCUT2D eigenvalue weighted by Crippen LogP contribution is -2.35. The normalized spacial score (nSPS) is 24.0. The number of hydrogen-bond acceptors (Lipinski definition) is 7. The molecule has 3 atom stereocenters. The molecule has 2 aromatic rings. The number of nitrogens with one attached hydrogen (secondary N) is 1. The summed E-state index contributed by atoms with van der Waals surface area (Å²) < 4.78 is 32.4. The van der Waals surface area contributed by atoms with E-state index < -0.39 is 17.8 Å². The van der Waals surface area contributed by atoms with Crippen LogP contribution in [0, 0.1) is 11.2 Å². The molecule has 1 spiro atoms. The Kier molecular flexibility index (Phi) is 8.47. The van der Waals surface area contributed by atoms with Crippen LogP contribution in [-0.2, 0) is 27.1 Å². The molecule has 41 heavy (non-hydrogen) atoms. The second-order valence-corrected chi connectivity index (χ2v) is 12.3. The number of methoxy groups -OCH3 is 1. The molecular weight excluding hydrogens is 525 g/mol. The number of nitrogens with zero attached hydrogens (tertiary/aromatic N) is 2. The van der Waals surface area contributed by atoms with Crippen molar-refractivity contribution in [3.05, 3.63) is 52.5 Å². The van der Waals surface area contributed by atoms with Gasteiger partial charge in [0.25, 0.3) is 0 Å². The van der Waals surface area contributed by atoms with Gasteiger partial charge in [-0.3, -0.25) is 9.69 Å². The van der Waals surface area contributed by atoms with E-state index in [1.54, 1.807) is 13.2 Å². The van der Waals surface area contributed by atoms with E-state index in [-0.39, 0.29) is 12.2 Å². The van der Waals surface area contributed by atoms with Gasteiger partial charge in [0.05, 0.1) is 25.9 Å². The van der Waals surface area contributed by atoms with Gasteiger partial charge in [-0.15, -0.1) is 0 Å². The Balaban J connectivity index is 1.02. The molecule has 222 valence electrons. The van der Waals surface area contributed by atoms with Crippen molar-refractivity contribution in [3.63, 3.8) is 0 Å². The first kappa shape index (κ1) is 28.4. The highest BCUT2D eigenvalue weighted by molar-refractivity contribution is 5.76. The van der Waals surface area contributed by atoms with Crippen molar-refractivity contribution in [2.24, 2.45) is 5.41 Å². The summed E-state index contributed by atoms with van der Waals surface area (Å²) in [5.74, 6) is 0.479.